The molecule has 0 spiro atoms. The molecule has 3 heteroatoms. The van der Waals surface area contributed by atoms with Crippen LogP contribution in [0.25, 0.3) is 11.5 Å². The Bertz CT molecular complexity index is 397. The maximum Gasteiger partial charge on any atom is 0.226 e. The number of aromatic nitrogens is 1. The van der Waals surface area contributed by atoms with E-state index in [-0.39, 0.29) is 0 Å². The second kappa shape index (κ2) is 4.05. The highest BCUT2D eigenvalue weighted by atomic mass is 19.1. The molecule has 14 heavy (non-hydrogen) atoms. The van der Waals surface area contributed by atoms with Crippen LogP contribution in [0.3, 0.4) is 0 Å². The zero-order valence-corrected chi connectivity index (χ0v) is 7.61. The second-order valence-electron chi connectivity index (χ2n) is 2.95. The van der Waals surface area contributed by atoms with Gasteiger partial charge >= 0.3 is 0 Å². The van der Waals surface area contributed by atoms with Crippen LogP contribution in [0.4, 0.5) is 4.39 Å². The molecule has 72 valence electrons. The van der Waals surface area contributed by atoms with E-state index in [0.29, 0.717) is 18.0 Å². The van der Waals surface area contributed by atoms with E-state index < -0.39 is 6.67 Å². The Labute approximate surface area is 81.4 Å². The second-order valence-corrected chi connectivity index (χ2v) is 2.95. The van der Waals surface area contributed by atoms with Crippen molar-refractivity contribution in [2.75, 3.05) is 6.67 Å². The third-order valence-corrected chi connectivity index (χ3v) is 1.92. The van der Waals surface area contributed by atoms with E-state index in [1.54, 1.807) is 0 Å². The summed E-state index contributed by atoms with van der Waals surface area (Å²) in [6, 6.07) is 9.56. The summed E-state index contributed by atoms with van der Waals surface area (Å²) in [6.07, 6.45) is 1.82. The summed E-state index contributed by atoms with van der Waals surface area (Å²) >= 11 is 0. The third-order valence-electron chi connectivity index (χ3n) is 1.92. The molecular weight excluding hydrogens is 181 g/mol. The third kappa shape index (κ3) is 1.82. The van der Waals surface area contributed by atoms with Crippen LogP contribution in [0.1, 0.15) is 5.69 Å². The number of aryl methyl sites for hydroxylation is 1. The maximum atomic E-state index is 12.0. The SMILES string of the molecule is FCCc1coc(-c2ccccc2)n1. The topological polar surface area (TPSA) is 26.0 Å². The summed E-state index contributed by atoms with van der Waals surface area (Å²) < 4.78 is 17.2. The Kier molecular flexibility index (Phi) is 2.58. The molecule has 0 aliphatic rings. The van der Waals surface area contributed by atoms with Gasteiger partial charge in [0.1, 0.15) is 6.26 Å². The standard InChI is InChI=1S/C11H10FNO/c12-7-6-10-8-14-11(13-10)9-4-2-1-3-5-9/h1-5,8H,6-7H2. The molecule has 0 amide bonds. The van der Waals surface area contributed by atoms with Crippen LogP contribution >= 0.6 is 0 Å². The molecule has 1 aromatic carbocycles. The van der Waals surface area contributed by atoms with Gasteiger partial charge in [0.05, 0.1) is 12.4 Å². The van der Waals surface area contributed by atoms with Crippen molar-refractivity contribution in [1.29, 1.82) is 0 Å². The van der Waals surface area contributed by atoms with E-state index in [0.717, 1.165) is 5.56 Å². The molecule has 0 N–H and O–H groups in total. The maximum absolute atomic E-state index is 12.0. The molecule has 0 fully saturated rings. The number of alkyl halides is 1. The van der Waals surface area contributed by atoms with Gasteiger partial charge < -0.3 is 4.42 Å². The van der Waals surface area contributed by atoms with Gasteiger partial charge in [-0.15, -0.1) is 0 Å². The van der Waals surface area contributed by atoms with Crippen LogP contribution in [0, 0.1) is 0 Å². The van der Waals surface area contributed by atoms with Crippen molar-refractivity contribution >= 4 is 0 Å². The van der Waals surface area contributed by atoms with Gasteiger partial charge in [-0.25, -0.2) is 4.98 Å². The molecule has 0 bridgehead atoms. The van der Waals surface area contributed by atoms with Gasteiger partial charge in [0.2, 0.25) is 5.89 Å². The minimum absolute atomic E-state index is 0.316. The number of halogens is 1. The van der Waals surface area contributed by atoms with E-state index in [1.165, 1.54) is 6.26 Å². The lowest BCUT2D eigenvalue weighted by Crippen LogP contribution is -1.86. The summed E-state index contributed by atoms with van der Waals surface area (Å²) in [5.41, 5.74) is 1.57. The molecule has 0 atom stereocenters. The van der Waals surface area contributed by atoms with E-state index in [2.05, 4.69) is 4.98 Å². The van der Waals surface area contributed by atoms with E-state index >= 15 is 0 Å². The van der Waals surface area contributed by atoms with Crippen molar-refractivity contribution in [3.05, 3.63) is 42.3 Å². The van der Waals surface area contributed by atoms with Crippen LogP contribution in [-0.2, 0) is 6.42 Å². The van der Waals surface area contributed by atoms with Gasteiger partial charge in [0, 0.05) is 12.0 Å². The Morgan fingerprint density at radius 1 is 1.21 bits per heavy atom. The first-order valence-electron chi connectivity index (χ1n) is 4.46. The summed E-state index contributed by atoms with van der Waals surface area (Å²) in [5.74, 6) is 0.550. The van der Waals surface area contributed by atoms with Gasteiger partial charge in [-0.05, 0) is 12.1 Å². The van der Waals surface area contributed by atoms with E-state index in [4.69, 9.17) is 4.42 Å². The van der Waals surface area contributed by atoms with Crippen LogP contribution in [0.2, 0.25) is 0 Å². The molecule has 2 nitrogen and oxygen atoms in total. The number of oxazole rings is 1. The van der Waals surface area contributed by atoms with E-state index in [1.807, 2.05) is 30.3 Å². The summed E-state index contributed by atoms with van der Waals surface area (Å²) in [7, 11) is 0. The van der Waals surface area contributed by atoms with Crippen molar-refractivity contribution in [1.82, 2.24) is 4.98 Å². The number of benzene rings is 1. The first-order valence-corrected chi connectivity index (χ1v) is 4.46. The fourth-order valence-corrected chi connectivity index (χ4v) is 1.23. The Hall–Kier alpha value is -1.64. The van der Waals surface area contributed by atoms with Gasteiger partial charge in [-0.2, -0.15) is 0 Å². The predicted molar refractivity (Wildman–Crippen MR) is 51.6 cm³/mol. The van der Waals surface area contributed by atoms with Crippen molar-refractivity contribution < 1.29 is 8.81 Å². The zero-order chi connectivity index (χ0) is 9.80. The van der Waals surface area contributed by atoms with E-state index in [9.17, 15) is 4.39 Å². The van der Waals surface area contributed by atoms with Gasteiger partial charge in [0.25, 0.3) is 0 Å². The average molecular weight is 191 g/mol. The molecule has 1 aromatic heterocycles. The number of rotatable bonds is 3. The highest BCUT2D eigenvalue weighted by Gasteiger charge is 2.04. The first-order chi connectivity index (χ1) is 6.90. The highest BCUT2D eigenvalue weighted by molar-refractivity contribution is 5.52. The molecule has 0 aliphatic carbocycles. The number of nitrogens with zero attached hydrogens (tertiary/aromatic N) is 1. The van der Waals surface area contributed by atoms with Gasteiger partial charge in [-0.3, -0.25) is 4.39 Å². The first kappa shape index (κ1) is 8.94. The van der Waals surface area contributed by atoms with Crippen molar-refractivity contribution in [2.45, 2.75) is 6.42 Å². The molecule has 0 saturated carbocycles. The molecular formula is C11H10FNO. The minimum Gasteiger partial charge on any atom is -0.444 e. The molecule has 0 unspecified atom stereocenters. The zero-order valence-electron chi connectivity index (χ0n) is 7.61. The quantitative estimate of drug-likeness (QED) is 0.745. The summed E-state index contributed by atoms with van der Waals surface area (Å²) in [4.78, 5) is 4.16. The van der Waals surface area contributed by atoms with Crippen LogP contribution < -0.4 is 0 Å². The fourth-order valence-electron chi connectivity index (χ4n) is 1.23. The smallest absolute Gasteiger partial charge is 0.226 e. The predicted octanol–water partition coefficient (Wildman–Crippen LogP) is 2.85. The minimum atomic E-state index is -0.402. The van der Waals surface area contributed by atoms with Crippen LogP contribution in [0.15, 0.2) is 41.0 Å². The summed E-state index contributed by atoms with van der Waals surface area (Å²) in [6.45, 7) is -0.402. The summed E-state index contributed by atoms with van der Waals surface area (Å²) in [5, 5.41) is 0. The van der Waals surface area contributed by atoms with Crippen molar-refractivity contribution in [2.24, 2.45) is 0 Å². The highest BCUT2D eigenvalue weighted by Crippen LogP contribution is 2.17. The Morgan fingerprint density at radius 2 is 2.00 bits per heavy atom. The van der Waals surface area contributed by atoms with Gasteiger partial charge in [-0.1, -0.05) is 18.2 Å². The molecule has 2 aromatic rings. The molecule has 0 radical (unpaired) electrons. The normalized spacial score (nSPS) is 10.4. The van der Waals surface area contributed by atoms with Crippen LogP contribution in [-0.4, -0.2) is 11.7 Å². The number of hydrogen-bond acceptors (Lipinski definition) is 2. The van der Waals surface area contributed by atoms with Gasteiger partial charge in [0.15, 0.2) is 0 Å². The monoisotopic (exact) mass is 191 g/mol. The van der Waals surface area contributed by atoms with Crippen molar-refractivity contribution in [3.8, 4) is 11.5 Å². The Balaban J connectivity index is 2.25. The van der Waals surface area contributed by atoms with Crippen molar-refractivity contribution in [3.63, 3.8) is 0 Å². The lowest BCUT2D eigenvalue weighted by Gasteiger charge is -1.91. The average Bonchev–Trinajstić information content (AvgIpc) is 2.68. The molecule has 1 heterocycles. The fraction of sp³-hybridized carbons (Fsp3) is 0.182. The Morgan fingerprint density at radius 3 is 2.71 bits per heavy atom. The lowest BCUT2D eigenvalue weighted by atomic mass is 10.2. The molecule has 0 saturated heterocycles. The largest absolute Gasteiger partial charge is 0.444 e. The molecule has 0 aliphatic heterocycles. The lowest BCUT2D eigenvalue weighted by molar-refractivity contribution is 0.490. The number of hydrogen-bond donors (Lipinski definition) is 0. The van der Waals surface area contributed by atoms with Crippen LogP contribution in [0.5, 0.6) is 0 Å². The molecule has 2 rings (SSSR count).